The lowest BCUT2D eigenvalue weighted by Gasteiger charge is -2.30. The van der Waals surface area contributed by atoms with Crippen molar-refractivity contribution >= 4 is 8.32 Å². The average molecular weight is 277 g/mol. The molecule has 0 saturated carbocycles. The number of nitrogens with zero attached hydrogens (tertiary/aromatic N) is 1. The molecular formula is C15H23NO2Si. The van der Waals surface area contributed by atoms with Crippen molar-refractivity contribution in [1.82, 2.24) is 0 Å². The first-order chi connectivity index (χ1) is 8.78. The standard InChI is InChI=1S/C15H23NO2Si/c1-15(12-16,18-19(3,4)5)11-10-13-6-8-14(17-2)9-7-13/h6-9H,10-11H2,1-5H3. The molecule has 0 radical (unpaired) electrons. The van der Waals surface area contributed by atoms with Crippen molar-refractivity contribution in [3.8, 4) is 11.8 Å². The normalized spacial score (nSPS) is 14.5. The summed E-state index contributed by atoms with van der Waals surface area (Å²) < 4.78 is 11.1. The topological polar surface area (TPSA) is 42.2 Å². The third-order valence-corrected chi connectivity index (χ3v) is 3.88. The zero-order chi connectivity index (χ0) is 14.5. The zero-order valence-corrected chi connectivity index (χ0v) is 13.5. The minimum atomic E-state index is -1.71. The molecule has 0 spiro atoms. The Kier molecular flexibility index (Phi) is 5.16. The lowest BCUT2D eigenvalue weighted by Crippen LogP contribution is -2.39. The van der Waals surface area contributed by atoms with E-state index in [1.165, 1.54) is 5.56 Å². The van der Waals surface area contributed by atoms with Crippen molar-refractivity contribution in [2.75, 3.05) is 7.11 Å². The largest absolute Gasteiger partial charge is 0.497 e. The summed E-state index contributed by atoms with van der Waals surface area (Å²) in [6.45, 7) is 8.21. The van der Waals surface area contributed by atoms with Gasteiger partial charge in [-0.2, -0.15) is 5.26 Å². The number of ether oxygens (including phenoxy) is 1. The molecule has 0 saturated heterocycles. The molecule has 1 aromatic rings. The molecule has 0 amide bonds. The monoisotopic (exact) mass is 277 g/mol. The Labute approximate surface area is 117 Å². The lowest BCUT2D eigenvalue weighted by atomic mass is 9.98. The van der Waals surface area contributed by atoms with Crippen LogP contribution in [0.3, 0.4) is 0 Å². The molecule has 1 unspecified atom stereocenters. The molecule has 0 fully saturated rings. The Balaban J connectivity index is 2.64. The van der Waals surface area contributed by atoms with Gasteiger partial charge >= 0.3 is 0 Å². The van der Waals surface area contributed by atoms with E-state index in [0.29, 0.717) is 6.42 Å². The first-order valence-electron chi connectivity index (χ1n) is 6.52. The summed E-state index contributed by atoms with van der Waals surface area (Å²) in [6, 6.07) is 10.3. The van der Waals surface area contributed by atoms with Crippen LogP contribution in [-0.2, 0) is 10.8 Å². The highest BCUT2D eigenvalue weighted by Crippen LogP contribution is 2.23. The second kappa shape index (κ2) is 6.22. The number of methoxy groups -OCH3 is 1. The fraction of sp³-hybridized carbons (Fsp3) is 0.533. The molecule has 4 heteroatoms. The molecule has 19 heavy (non-hydrogen) atoms. The van der Waals surface area contributed by atoms with Gasteiger partial charge in [-0.05, 0) is 57.1 Å². The van der Waals surface area contributed by atoms with E-state index in [2.05, 4.69) is 25.7 Å². The minimum absolute atomic E-state index is 0.690. The van der Waals surface area contributed by atoms with E-state index in [-0.39, 0.29) is 0 Å². The third kappa shape index (κ3) is 5.46. The summed E-state index contributed by atoms with van der Waals surface area (Å²) >= 11 is 0. The average Bonchev–Trinajstić information content (AvgIpc) is 2.35. The van der Waals surface area contributed by atoms with Gasteiger partial charge in [0, 0.05) is 0 Å². The Morgan fingerprint density at radius 1 is 1.21 bits per heavy atom. The lowest BCUT2D eigenvalue weighted by molar-refractivity contribution is 0.130. The fourth-order valence-electron chi connectivity index (χ4n) is 1.98. The van der Waals surface area contributed by atoms with Gasteiger partial charge in [-0.15, -0.1) is 0 Å². The minimum Gasteiger partial charge on any atom is -0.497 e. The van der Waals surface area contributed by atoms with E-state index in [9.17, 15) is 5.26 Å². The fourth-order valence-corrected chi connectivity index (χ4v) is 3.48. The van der Waals surface area contributed by atoms with Gasteiger partial charge in [0.15, 0.2) is 8.32 Å². The number of nitriles is 1. The van der Waals surface area contributed by atoms with E-state index in [0.717, 1.165) is 12.2 Å². The van der Waals surface area contributed by atoms with Gasteiger partial charge in [-0.25, -0.2) is 0 Å². The predicted molar refractivity (Wildman–Crippen MR) is 79.8 cm³/mol. The Bertz CT molecular complexity index is 445. The molecule has 3 nitrogen and oxygen atoms in total. The smallest absolute Gasteiger partial charge is 0.185 e. The van der Waals surface area contributed by atoms with Gasteiger partial charge in [0.25, 0.3) is 0 Å². The van der Waals surface area contributed by atoms with Crippen LogP contribution in [0.15, 0.2) is 24.3 Å². The molecular weight excluding hydrogens is 254 g/mol. The van der Waals surface area contributed by atoms with Crippen molar-refractivity contribution in [3.05, 3.63) is 29.8 Å². The van der Waals surface area contributed by atoms with Crippen LogP contribution in [0, 0.1) is 11.3 Å². The van der Waals surface area contributed by atoms with E-state index in [1.807, 2.05) is 31.2 Å². The summed E-state index contributed by atoms with van der Waals surface area (Å²) in [7, 11) is -0.0527. The van der Waals surface area contributed by atoms with Crippen LogP contribution < -0.4 is 4.74 Å². The maximum absolute atomic E-state index is 9.34. The van der Waals surface area contributed by atoms with E-state index in [4.69, 9.17) is 9.16 Å². The van der Waals surface area contributed by atoms with Crippen molar-refractivity contribution in [1.29, 1.82) is 5.26 Å². The van der Waals surface area contributed by atoms with Crippen LogP contribution in [0.2, 0.25) is 19.6 Å². The maximum atomic E-state index is 9.34. The number of aryl methyl sites for hydroxylation is 1. The predicted octanol–water partition coefficient (Wildman–Crippen LogP) is 3.76. The number of hydrogen-bond acceptors (Lipinski definition) is 3. The van der Waals surface area contributed by atoms with Crippen molar-refractivity contribution in [3.63, 3.8) is 0 Å². The summed E-state index contributed by atoms with van der Waals surface area (Å²) in [5.41, 5.74) is 0.506. The molecule has 0 aliphatic carbocycles. The molecule has 0 bridgehead atoms. The van der Waals surface area contributed by atoms with Gasteiger partial charge in [0.2, 0.25) is 0 Å². The molecule has 1 atom stereocenters. The Morgan fingerprint density at radius 2 is 1.79 bits per heavy atom. The van der Waals surface area contributed by atoms with Gasteiger partial charge < -0.3 is 9.16 Å². The first-order valence-corrected chi connectivity index (χ1v) is 9.93. The van der Waals surface area contributed by atoms with Crippen LogP contribution in [-0.4, -0.2) is 21.0 Å². The Morgan fingerprint density at radius 3 is 2.21 bits per heavy atom. The highest BCUT2D eigenvalue weighted by atomic mass is 28.4. The third-order valence-electron chi connectivity index (χ3n) is 2.82. The van der Waals surface area contributed by atoms with Crippen LogP contribution in [0.4, 0.5) is 0 Å². The van der Waals surface area contributed by atoms with Gasteiger partial charge in [0.1, 0.15) is 11.4 Å². The van der Waals surface area contributed by atoms with Crippen LogP contribution in [0.5, 0.6) is 5.75 Å². The molecule has 1 aromatic carbocycles. The number of benzene rings is 1. The van der Waals surface area contributed by atoms with Crippen LogP contribution in [0.1, 0.15) is 18.9 Å². The quantitative estimate of drug-likeness (QED) is 0.743. The Hall–Kier alpha value is -1.31. The summed E-state index contributed by atoms with van der Waals surface area (Å²) in [4.78, 5) is 0. The molecule has 0 N–H and O–H groups in total. The second-order valence-corrected chi connectivity index (χ2v) is 10.3. The van der Waals surface area contributed by atoms with Crippen molar-refractivity contribution < 1.29 is 9.16 Å². The highest BCUT2D eigenvalue weighted by Gasteiger charge is 2.31. The molecule has 1 rings (SSSR count). The molecule has 104 valence electrons. The van der Waals surface area contributed by atoms with Crippen molar-refractivity contribution in [2.24, 2.45) is 0 Å². The first kappa shape index (κ1) is 15.7. The van der Waals surface area contributed by atoms with Gasteiger partial charge in [0.05, 0.1) is 13.2 Å². The van der Waals surface area contributed by atoms with Crippen molar-refractivity contribution in [2.45, 2.75) is 45.0 Å². The number of hydrogen-bond donors (Lipinski definition) is 0. The van der Waals surface area contributed by atoms with Crippen LogP contribution >= 0.6 is 0 Å². The second-order valence-electron chi connectivity index (χ2n) is 5.91. The summed E-state index contributed by atoms with van der Waals surface area (Å²) in [5.74, 6) is 0.852. The summed E-state index contributed by atoms with van der Waals surface area (Å²) in [5, 5.41) is 9.34. The van der Waals surface area contributed by atoms with E-state index < -0.39 is 13.9 Å². The van der Waals surface area contributed by atoms with E-state index in [1.54, 1.807) is 7.11 Å². The molecule has 0 aromatic heterocycles. The highest BCUT2D eigenvalue weighted by molar-refractivity contribution is 6.69. The van der Waals surface area contributed by atoms with E-state index >= 15 is 0 Å². The molecule has 0 aliphatic rings. The number of rotatable bonds is 6. The maximum Gasteiger partial charge on any atom is 0.185 e. The van der Waals surface area contributed by atoms with Gasteiger partial charge in [-0.1, -0.05) is 12.1 Å². The summed E-state index contributed by atoms with van der Waals surface area (Å²) in [6.07, 6.45) is 1.54. The zero-order valence-electron chi connectivity index (χ0n) is 12.5. The molecule has 0 heterocycles. The van der Waals surface area contributed by atoms with Gasteiger partial charge in [-0.3, -0.25) is 0 Å². The SMILES string of the molecule is COc1ccc(CCC(C)(C#N)O[Si](C)(C)C)cc1. The van der Waals surface area contributed by atoms with Crippen LogP contribution in [0.25, 0.3) is 0 Å². The molecule has 0 aliphatic heterocycles.